The van der Waals surface area contributed by atoms with Gasteiger partial charge in [-0.15, -0.1) is 0 Å². The summed E-state index contributed by atoms with van der Waals surface area (Å²) in [5, 5.41) is 0. The molecule has 0 saturated heterocycles. The van der Waals surface area contributed by atoms with E-state index in [0.29, 0.717) is 0 Å². The zero-order valence-electron chi connectivity index (χ0n) is 12.5. The Kier molecular flexibility index (Phi) is 13.6. The summed E-state index contributed by atoms with van der Waals surface area (Å²) in [5.74, 6) is 0. The zero-order valence-corrected chi connectivity index (χ0v) is 12.5. The molecule has 0 atom stereocenters. The fourth-order valence-electron chi connectivity index (χ4n) is 1.17. The lowest BCUT2D eigenvalue weighted by Gasteiger charge is -2.03. The molecule has 0 fully saturated rings. The zero-order chi connectivity index (χ0) is 13.7. The molecule has 0 aliphatic carbocycles. The summed E-state index contributed by atoms with van der Waals surface area (Å²) < 4.78 is 0. The van der Waals surface area contributed by atoms with E-state index >= 15 is 0 Å². The molecule has 0 nitrogen and oxygen atoms in total. The summed E-state index contributed by atoms with van der Waals surface area (Å²) in [4.78, 5) is 0. The van der Waals surface area contributed by atoms with E-state index in [-0.39, 0.29) is 0 Å². The Bertz CT molecular complexity index is 326. The lowest BCUT2D eigenvalue weighted by atomic mass is 10.0. The maximum absolute atomic E-state index is 2.16. The maximum atomic E-state index is 2.16. The van der Waals surface area contributed by atoms with Crippen molar-refractivity contribution in [1.82, 2.24) is 0 Å². The highest BCUT2D eigenvalue weighted by Gasteiger charge is 1.95. The molecule has 0 spiro atoms. The number of hydrogen-bond donors (Lipinski definition) is 0. The van der Waals surface area contributed by atoms with Gasteiger partial charge in [0.05, 0.1) is 0 Å². The van der Waals surface area contributed by atoms with Crippen molar-refractivity contribution in [1.29, 1.82) is 0 Å². The number of hydrogen-bond acceptors (Lipinski definition) is 0. The van der Waals surface area contributed by atoms with Crippen LogP contribution in [-0.4, -0.2) is 0 Å². The molecule has 0 heterocycles. The van der Waals surface area contributed by atoms with E-state index in [1.165, 1.54) is 16.7 Å². The van der Waals surface area contributed by atoms with Crippen LogP contribution in [0.25, 0.3) is 5.57 Å². The molecule has 0 aromatic heterocycles. The lowest BCUT2D eigenvalue weighted by Crippen LogP contribution is -1.83. The molecule has 17 heavy (non-hydrogen) atoms. The van der Waals surface area contributed by atoms with Gasteiger partial charge in [-0.05, 0) is 51.3 Å². The second-order valence-electron chi connectivity index (χ2n) is 3.45. The Balaban J connectivity index is 0. The van der Waals surface area contributed by atoms with Crippen molar-refractivity contribution in [2.45, 2.75) is 48.5 Å². The molecule has 0 unspecified atom stereocenters. The number of aryl methyl sites for hydroxylation is 1. The Labute approximate surface area is 108 Å². The highest BCUT2D eigenvalue weighted by molar-refractivity contribution is 5.65. The summed E-state index contributed by atoms with van der Waals surface area (Å²) in [7, 11) is 0. The average molecular weight is 232 g/mol. The fraction of sp³-hybridized carbons (Fsp3) is 0.412. The van der Waals surface area contributed by atoms with Crippen LogP contribution >= 0.6 is 0 Å². The van der Waals surface area contributed by atoms with Gasteiger partial charge in [0.15, 0.2) is 0 Å². The number of rotatable bonds is 1. The first-order chi connectivity index (χ1) is 8.17. The van der Waals surface area contributed by atoms with Crippen LogP contribution in [0, 0.1) is 6.92 Å². The molecule has 0 N–H and O–H groups in total. The Morgan fingerprint density at radius 1 is 0.941 bits per heavy atom. The Morgan fingerprint density at radius 3 is 1.76 bits per heavy atom. The van der Waals surface area contributed by atoms with Crippen molar-refractivity contribution >= 4 is 5.57 Å². The van der Waals surface area contributed by atoms with Crippen LogP contribution in [0.4, 0.5) is 0 Å². The topological polar surface area (TPSA) is 0 Å². The van der Waals surface area contributed by atoms with E-state index in [4.69, 9.17) is 0 Å². The minimum absolute atomic E-state index is 1.35. The molecule has 0 aliphatic rings. The third kappa shape index (κ3) is 8.50. The van der Waals surface area contributed by atoms with E-state index in [1.54, 1.807) is 0 Å². The van der Waals surface area contributed by atoms with Crippen molar-refractivity contribution in [2.24, 2.45) is 0 Å². The van der Waals surface area contributed by atoms with Gasteiger partial charge in [0.1, 0.15) is 0 Å². The molecule has 0 amide bonds. The maximum Gasteiger partial charge on any atom is -0.0201 e. The molecule has 0 saturated carbocycles. The molecule has 0 radical (unpaired) electrons. The van der Waals surface area contributed by atoms with Crippen molar-refractivity contribution in [3.63, 3.8) is 0 Å². The van der Waals surface area contributed by atoms with Gasteiger partial charge in [-0.1, -0.05) is 56.3 Å². The van der Waals surface area contributed by atoms with Gasteiger partial charge in [-0.2, -0.15) is 0 Å². The van der Waals surface area contributed by atoms with Crippen LogP contribution in [0.3, 0.4) is 0 Å². The van der Waals surface area contributed by atoms with Gasteiger partial charge < -0.3 is 0 Å². The van der Waals surface area contributed by atoms with Gasteiger partial charge in [-0.25, -0.2) is 0 Å². The predicted octanol–water partition coefficient (Wildman–Crippen LogP) is 6.03. The quantitative estimate of drug-likeness (QED) is 0.519. The molecular weight excluding hydrogens is 204 g/mol. The van der Waals surface area contributed by atoms with Gasteiger partial charge in [0.2, 0.25) is 0 Å². The number of benzene rings is 1. The monoisotopic (exact) mass is 232 g/mol. The Hall–Kier alpha value is -1.30. The molecular formula is C17H28. The minimum atomic E-state index is 1.35. The van der Waals surface area contributed by atoms with Crippen LogP contribution in [0.1, 0.15) is 52.7 Å². The van der Waals surface area contributed by atoms with E-state index in [0.717, 1.165) is 0 Å². The second kappa shape index (κ2) is 12.8. The van der Waals surface area contributed by atoms with Crippen molar-refractivity contribution < 1.29 is 0 Å². The van der Waals surface area contributed by atoms with Crippen LogP contribution in [-0.2, 0) is 0 Å². The van der Waals surface area contributed by atoms with E-state index < -0.39 is 0 Å². The van der Waals surface area contributed by atoms with Crippen molar-refractivity contribution in [2.75, 3.05) is 0 Å². The van der Waals surface area contributed by atoms with Gasteiger partial charge in [0.25, 0.3) is 0 Å². The third-order valence-electron chi connectivity index (χ3n) is 2.34. The fourth-order valence-corrected chi connectivity index (χ4v) is 1.17. The average Bonchev–Trinajstić information content (AvgIpc) is 2.41. The molecule has 0 heteroatoms. The highest BCUT2D eigenvalue weighted by atomic mass is 14.0. The molecule has 96 valence electrons. The molecule has 1 rings (SSSR count). The molecule has 1 aromatic rings. The molecule has 1 aromatic carbocycles. The van der Waals surface area contributed by atoms with Crippen molar-refractivity contribution in [3.05, 3.63) is 53.6 Å². The first-order valence-corrected chi connectivity index (χ1v) is 6.43. The van der Waals surface area contributed by atoms with E-state index in [1.807, 2.05) is 39.8 Å². The predicted molar refractivity (Wildman–Crippen MR) is 82.3 cm³/mol. The molecule has 0 bridgehead atoms. The first kappa shape index (κ1) is 18.1. The summed E-state index contributed by atoms with van der Waals surface area (Å²) in [5.41, 5.74) is 4.06. The van der Waals surface area contributed by atoms with Crippen LogP contribution < -0.4 is 0 Å². The summed E-state index contributed by atoms with van der Waals surface area (Å²) >= 11 is 0. The van der Waals surface area contributed by atoms with Crippen molar-refractivity contribution in [3.8, 4) is 0 Å². The van der Waals surface area contributed by atoms with E-state index in [9.17, 15) is 0 Å². The largest absolute Gasteiger partial charge is 0.0919 e. The molecule has 0 aliphatic heterocycles. The smallest absolute Gasteiger partial charge is 0.0201 e. The summed E-state index contributed by atoms with van der Waals surface area (Å²) in [6.07, 6.45) is 6.14. The standard InChI is InChI=1S/C11H14.C4H8.C2H6/c1-4-9(2)11-8-6-5-7-10(11)3;1-3-4-2;1-2/h4-8H,1-3H3;3-4H,1-2H3;1-2H3/b9-4+;;. The number of allylic oxidation sites excluding steroid dienone is 4. The van der Waals surface area contributed by atoms with Crippen LogP contribution in [0.15, 0.2) is 42.5 Å². The lowest BCUT2D eigenvalue weighted by molar-refractivity contribution is 1.40. The highest BCUT2D eigenvalue weighted by Crippen LogP contribution is 2.16. The summed E-state index contributed by atoms with van der Waals surface area (Å²) in [6, 6.07) is 8.45. The van der Waals surface area contributed by atoms with Crippen LogP contribution in [0.2, 0.25) is 0 Å². The van der Waals surface area contributed by atoms with Crippen LogP contribution in [0.5, 0.6) is 0 Å². The van der Waals surface area contributed by atoms with E-state index in [2.05, 4.69) is 51.1 Å². The summed E-state index contributed by atoms with van der Waals surface area (Å²) in [6.45, 7) is 14.4. The second-order valence-corrected chi connectivity index (χ2v) is 3.45. The Morgan fingerprint density at radius 2 is 1.41 bits per heavy atom. The SMILES string of the molecule is C/C=C(\C)c1ccccc1C.CC.CC=CC. The van der Waals surface area contributed by atoms with Gasteiger partial charge in [0, 0.05) is 0 Å². The van der Waals surface area contributed by atoms with Gasteiger partial charge >= 0.3 is 0 Å². The normalized spacial score (nSPS) is 10.2. The first-order valence-electron chi connectivity index (χ1n) is 6.43. The minimum Gasteiger partial charge on any atom is -0.0919 e. The third-order valence-corrected chi connectivity index (χ3v) is 2.34. The van der Waals surface area contributed by atoms with Gasteiger partial charge in [-0.3, -0.25) is 0 Å².